The molecule has 1 aliphatic rings. The molecule has 1 aromatic heterocycles. The summed E-state index contributed by atoms with van der Waals surface area (Å²) < 4.78 is 5.10. The number of carbonyl (C=O) groups excluding carboxylic acids is 1. The zero-order valence-corrected chi connectivity index (χ0v) is 10.1. The van der Waals surface area contributed by atoms with E-state index >= 15 is 0 Å². The third-order valence-electron chi connectivity index (χ3n) is 3.40. The van der Waals surface area contributed by atoms with E-state index in [0.29, 0.717) is 11.3 Å². The fourth-order valence-corrected chi connectivity index (χ4v) is 2.32. The Bertz CT molecular complexity index is 386. The molecule has 2 rings (SSSR count). The summed E-state index contributed by atoms with van der Waals surface area (Å²) >= 11 is 0. The second kappa shape index (κ2) is 5.36. The van der Waals surface area contributed by atoms with Crippen LogP contribution < -0.4 is 5.32 Å². The molecule has 1 aliphatic carbocycles. The molecule has 0 saturated heterocycles. The van der Waals surface area contributed by atoms with Crippen molar-refractivity contribution in [3.8, 4) is 0 Å². The van der Waals surface area contributed by atoms with Crippen LogP contribution in [0.3, 0.4) is 0 Å². The maximum absolute atomic E-state index is 12.0. The lowest BCUT2D eigenvalue weighted by Crippen LogP contribution is -2.42. The zero-order chi connectivity index (χ0) is 12.3. The van der Waals surface area contributed by atoms with Crippen molar-refractivity contribution in [3.63, 3.8) is 0 Å². The smallest absolute Gasteiger partial charge is 0.255 e. The average molecular weight is 237 g/mol. The molecule has 0 aromatic carbocycles. The van der Waals surface area contributed by atoms with E-state index in [0.717, 1.165) is 32.1 Å². The van der Waals surface area contributed by atoms with E-state index in [4.69, 9.17) is 4.42 Å². The van der Waals surface area contributed by atoms with Crippen LogP contribution in [-0.2, 0) is 0 Å². The summed E-state index contributed by atoms with van der Waals surface area (Å²) in [4.78, 5) is 12.0. The Hall–Kier alpha value is -1.29. The van der Waals surface area contributed by atoms with Crippen LogP contribution in [-0.4, -0.2) is 23.2 Å². The number of aryl methyl sites for hydroxylation is 1. The SMILES string of the molecule is Cc1occc1C(=O)NC1CCCCCC1O. The summed E-state index contributed by atoms with van der Waals surface area (Å²) in [6.45, 7) is 1.76. The molecule has 2 N–H and O–H groups in total. The molecule has 0 bridgehead atoms. The van der Waals surface area contributed by atoms with Crippen LogP contribution in [0.4, 0.5) is 0 Å². The summed E-state index contributed by atoms with van der Waals surface area (Å²) in [7, 11) is 0. The Morgan fingerprint density at radius 3 is 2.88 bits per heavy atom. The molecular formula is C13H19NO3. The first-order chi connectivity index (χ1) is 8.18. The molecule has 0 spiro atoms. The topological polar surface area (TPSA) is 62.5 Å². The van der Waals surface area contributed by atoms with Crippen LogP contribution in [0.2, 0.25) is 0 Å². The highest BCUT2D eigenvalue weighted by molar-refractivity contribution is 5.95. The van der Waals surface area contributed by atoms with Crippen molar-refractivity contribution in [2.24, 2.45) is 0 Å². The van der Waals surface area contributed by atoms with E-state index in [1.807, 2.05) is 0 Å². The van der Waals surface area contributed by atoms with E-state index in [2.05, 4.69) is 5.32 Å². The van der Waals surface area contributed by atoms with E-state index in [1.165, 1.54) is 6.26 Å². The number of nitrogens with one attached hydrogen (secondary N) is 1. The van der Waals surface area contributed by atoms with Crippen molar-refractivity contribution in [1.82, 2.24) is 5.32 Å². The molecule has 4 nitrogen and oxygen atoms in total. The summed E-state index contributed by atoms with van der Waals surface area (Å²) in [5.74, 6) is 0.466. The first kappa shape index (κ1) is 12.2. The Morgan fingerprint density at radius 1 is 1.41 bits per heavy atom. The van der Waals surface area contributed by atoms with Gasteiger partial charge in [0.2, 0.25) is 0 Å². The Labute approximate surface area is 101 Å². The second-order valence-corrected chi connectivity index (χ2v) is 4.68. The lowest BCUT2D eigenvalue weighted by atomic mass is 10.1. The summed E-state index contributed by atoms with van der Waals surface area (Å²) in [6.07, 6.45) is 5.94. The highest BCUT2D eigenvalue weighted by Crippen LogP contribution is 2.19. The minimum absolute atomic E-state index is 0.126. The quantitative estimate of drug-likeness (QED) is 0.773. The highest BCUT2D eigenvalue weighted by atomic mass is 16.3. The number of aliphatic hydroxyl groups excluding tert-OH is 1. The normalized spacial score (nSPS) is 25.3. The Kier molecular flexibility index (Phi) is 3.84. The number of aliphatic hydroxyl groups is 1. The van der Waals surface area contributed by atoms with Crippen molar-refractivity contribution < 1.29 is 14.3 Å². The number of furan rings is 1. The summed E-state index contributed by atoms with van der Waals surface area (Å²) in [5.41, 5.74) is 0.557. The van der Waals surface area contributed by atoms with Crippen LogP contribution >= 0.6 is 0 Å². The van der Waals surface area contributed by atoms with Gasteiger partial charge in [0.25, 0.3) is 5.91 Å². The maximum atomic E-state index is 12.0. The number of rotatable bonds is 2. The van der Waals surface area contributed by atoms with Gasteiger partial charge in [-0.3, -0.25) is 4.79 Å². The van der Waals surface area contributed by atoms with E-state index < -0.39 is 6.10 Å². The first-order valence-corrected chi connectivity index (χ1v) is 6.21. The number of hydrogen-bond donors (Lipinski definition) is 2. The Balaban J connectivity index is 2.00. The molecule has 17 heavy (non-hydrogen) atoms. The fraction of sp³-hybridized carbons (Fsp3) is 0.615. The fourth-order valence-electron chi connectivity index (χ4n) is 2.32. The van der Waals surface area contributed by atoms with Crippen LogP contribution in [0.5, 0.6) is 0 Å². The molecule has 2 unspecified atom stereocenters. The predicted molar refractivity (Wildman–Crippen MR) is 63.8 cm³/mol. The van der Waals surface area contributed by atoms with Gasteiger partial charge >= 0.3 is 0 Å². The molecule has 1 amide bonds. The second-order valence-electron chi connectivity index (χ2n) is 4.68. The van der Waals surface area contributed by atoms with Gasteiger partial charge in [-0.15, -0.1) is 0 Å². The third-order valence-corrected chi connectivity index (χ3v) is 3.40. The lowest BCUT2D eigenvalue weighted by Gasteiger charge is -2.21. The van der Waals surface area contributed by atoms with Gasteiger partial charge < -0.3 is 14.8 Å². The van der Waals surface area contributed by atoms with Gasteiger partial charge in [-0.2, -0.15) is 0 Å². The maximum Gasteiger partial charge on any atom is 0.255 e. The average Bonchev–Trinajstić information content (AvgIpc) is 2.63. The molecular weight excluding hydrogens is 218 g/mol. The standard InChI is InChI=1S/C13H19NO3/c1-9-10(7-8-17-9)13(16)14-11-5-3-2-4-6-12(11)15/h7-8,11-12,15H,2-6H2,1H3,(H,14,16). The largest absolute Gasteiger partial charge is 0.469 e. The van der Waals surface area contributed by atoms with Crippen molar-refractivity contribution in [1.29, 1.82) is 0 Å². The summed E-state index contributed by atoms with van der Waals surface area (Å²) in [5, 5.41) is 12.8. The van der Waals surface area contributed by atoms with Crippen LogP contribution in [0.15, 0.2) is 16.7 Å². The van der Waals surface area contributed by atoms with Gasteiger partial charge in [0.1, 0.15) is 5.76 Å². The third kappa shape index (κ3) is 2.88. The van der Waals surface area contributed by atoms with Crippen molar-refractivity contribution >= 4 is 5.91 Å². The van der Waals surface area contributed by atoms with Gasteiger partial charge in [0, 0.05) is 0 Å². The molecule has 1 fully saturated rings. The zero-order valence-electron chi connectivity index (χ0n) is 10.1. The van der Waals surface area contributed by atoms with Crippen LogP contribution in [0.1, 0.15) is 48.2 Å². The van der Waals surface area contributed by atoms with Crippen molar-refractivity contribution in [2.45, 2.75) is 51.2 Å². The monoisotopic (exact) mass is 237 g/mol. The summed E-state index contributed by atoms with van der Waals surface area (Å²) in [6, 6.07) is 1.53. The molecule has 1 saturated carbocycles. The van der Waals surface area contributed by atoms with Gasteiger partial charge in [0.05, 0.1) is 24.0 Å². The number of amides is 1. The van der Waals surface area contributed by atoms with Crippen LogP contribution in [0, 0.1) is 6.92 Å². The predicted octanol–water partition coefficient (Wildman–Crippen LogP) is 2.01. The van der Waals surface area contributed by atoms with Gasteiger partial charge in [-0.05, 0) is 25.8 Å². The Morgan fingerprint density at radius 2 is 2.18 bits per heavy atom. The molecule has 1 aromatic rings. The molecule has 4 heteroatoms. The molecule has 0 aliphatic heterocycles. The molecule has 2 atom stereocenters. The minimum atomic E-state index is -0.423. The number of hydrogen-bond acceptors (Lipinski definition) is 3. The van der Waals surface area contributed by atoms with Gasteiger partial charge in [0.15, 0.2) is 0 Å². The van der Waals surface area contributed by atoms with E-state index in [9.17, 15) is 9.90 Å². The highest BCUT2D eigenvalue weighted by Gasteiger charge is 2.24. The molecule has 94 valence electrons. The van der Waals surface area contributed by atoms with E-state index in [1.54, 1.807) is 13.0 Å². The minimum Gasteiger partial charge on any atom is -0.469 e. The number of carbonyl (C=O) groups is 1. The van der Waals surface area contributed by atoms with Crippen LogP contribution in [0.25, 0.3) is 0 Å². The molecule has 0 radical (unpaired) electrons. The lowest BCUT2D eigenvalue weighted by molar-refractivity contribution is 0.0817. The first-order valence-electron chi connectivity index (χ1n) is 6.21. The van der Waals surface area contributed by atoms with Crippen molar-refractivity contribution in [2.75, 3.05) is 0 Å². The van der Waals surface area contributed by atoms with Gasteiger partial charge in [-0.25, -0.2) is 0 Å². The molecule has 1 heterocycles. The van der Waals surface area contributed by atoms with E-state index in [-0.39, 0.29) is 11.9 Å². The van der Waals surface area contributed by atoms with Gasteiger partial charge in [-0.1, -0.05) is 19.3 Å². The van der Waals surface area contributed by atoms with Crippen molar-refractivity contribution in [3.05, 3.63) is 23.7 Å².